The van der Waals surface area contributed by atoms with Crippen molar-refractivity contribution in [3.63, 3.8) is 0 Å². The van der Waals surface area contributed by atoms with Crippen LogP contribution in [0.5, 0.6) is 0 Å². The van der Waals surface area contributed by atoms with Crippen molar-refractivity contribution in [2.45, 2.75) is 71.6 Å². The van der Waals surface area contributed by atoms with Gasteiger partial charge in [0.25, 0.3) is 0 Å². The Balaban J connectivity index is 3.31. The summed E-state index contributed by atoms with van der Waals surface area (Å²) in [5, 5.41) is -0.278. The Labute approximate surface area is 106 Å². The number of hydrogen-bond donors (Lipinski definition) is 1. The van der Waals surface area contributed by atoms with Crippen LogP contribution in [0.4, 0.5) is 0 Å². The zero-order chi connectivity index (χ0) is 13.5. The van der Waals surface area contributed by atoms with E-state index in [1.807, 2.05) is 20.8 Å². The molecule has 1 saturated heterocycles. The van der Waals surface area contributed by atoms with Crippen molar-refractivity contribution in [2.24, 2.45) is 11.3 Å². The molecule has 17 heavy (non-hydrogen) atoms. The first-order valence-corrected chi connectivity index (χ1v) is 8.22. The molecule has 1 aliphatic heterocycles. The number of rotatable bonds is 3. The molecular weight excluding hydrogens is 234 g/mol. The van der Waals surface area contributed by atoms with Crippen molar-refractivity contribution in [2.75, 3.05) is 0 Å². The lowest BCUT2D eigenvalue weighted by Crippen LogP contribution is -2.45. The van der Waals surface area contributed by atoms with Crippen LogP contribution in [0, 0.1) is 11.3 Å². The van der Waals surface area contributed by atoms with Crippen LogP contribution in [-0.2, 0) is 10.0 Å². The Hall–Kier alpha value is -0.0900. The molecule has 102 valence electrons. The van der Waals surface area contributed by atoms with Gasteiger partial charge in [0.05, 0.1) is 5.25 Å². The minimum absolute atomic E-state index is 0.210. The van der Waals surface area contributed by atoms with Gasteiger partial charge in [-0.25, -0.2) is 13.1 Å². The van der Waals surface area contributed by atoms with E-state index in [0.717, 1.165) is 19.3 Å². The highest BCUT2D eigenvalue weighted by atomic mass is 32.2. The number of sulfonamides is 1. The monoisotopic (exact) mass is 261 g/mol. The zero-order valence-corrected chi connectivity index (χ0v) is 12.8. The lowest BCUT2D eigenvalue weighted by atomic mass is 9.71. The van der Waals surface area contributed by atoms with Gasteiger partial charge in [-0.05, 0) is 24.2 Å². The molecule has 0 amide bonds. The first kappa shape index (κ1) is 15.0. The fourth-order valence-corrected chi connectivity index (χ4v) is 6.47. The van der Waals surface area contributed by atoms with Crippen LogP contribution in [0.3, 0.4) is 0 Å². The summed E-state index contributed by atoms with van der Waals surface area (Å²) in [6.07, 6.45) is 2.65. The van der Waals surface area contributed by atoms with Crippen LogP contribution in [0.2, 0.25) is 0 Å². The van der Waals surface area contributed by atoms with Gasteiger partial charge in [-0.3, -0.25) is 0 Å². The van der Waals surface area contributed by atoms with Gasteiger partial charge >= 0.3 is 0 Å². The van der Waals surface area contributed by atoms with E-state index in [4.69, 9.17) is 0 Å². The van der Waals surface area contributed by atoms with Crippen LogP contribution >= 0.6 is 0 Å². The van der Waals surface area contributed by atoms with E-state index in [9.17, 15) is 8.42 Å². The molecule has 2 unspecified atom stereocenters. The Morgan fingerprint density at radius 3 is 1.88 bits per heavy atom. The average Bonchev–Trinajstić information content (AvgIpc) is 2.45. The second kappa shape index (κ2) is 4.54. The van der Waals surface area contributed by atoms with Crippen molar-refractivity contribution in [3.05, 3.63) is 0 Å². The molecule has 0 aromatic heterocycles. The number of hydrogen-bond acceptors (Lipinski definition) is 2. The van der Waals surface area contributed by atoms with E-state index in [1.165, 1.54) is 0 Å². The summed E-state index contributed by atoms with van der Waals surface area (Å²) < 4.78 is 27.8. The van der Waals surface area contributed by atoms with Crippen LogP contribution in [0.1, 0.15) is 60.8 Å². The van der Waals surface area contributed by atoms with Gasteiger partial charge in [-0.1, -0.05) is 48.0 Å². The molecular formula is C13H27NO2S. The molecule has 1 rings (SSSR count). The smallest absolute Gasteiger partial charge is 0.212 e. The van der Waals surface area contributed by atoms with Gasteiger partial charge in [0, 0.05) is 5.54 Å². The summed E-state index contributed by atoms with van der Waals surface area (Å²) in [5.74, 6) is 0.211. The minimum Gasteiger partial charge on any atom is -0.212 e. The zero-order valence-electron chi connectivity index (χ0n) is 12.0. The first-order valence-electron chi connectivity index (χ1n) is 6.67. The third-order valence-electron chi connectivity index (χ3n) is 4.31. The standard InChI is InChI=1S/C13H27NO2S/c1-7-10-11(12(4,5)6)17(15,16)14-13(10,8-2)9-3/h10-11,14H,7-9H2,1-6H3. The molecule has 0 radical (unpaired) electrons. The Kier molecular flexibility index (Phi) is 4.00. The van der Waals surface area contributed by atoms with E-state index in [-0.39, 0.29) is 22.1 Å². The minimum atomic E-state index is -3.19. The Morgan fingerprint density at radius 2 is 1.59 bits per heavy atom. The maximum atomic E-state index is 12.4. The molecule has 1 fully saturated rings. The Morgan fingerprint density at radius 1 is 1.12 bits per heavy atom. The summed E-state index contributed by atoms with van der Waals surface area (Å²) in [6, 6.07) is 0. The molecule has 4 heteroatoms. The van der Waals surface area contributed by atoms with Gasteiger partial charge < -0.3 is 0 Å². The van der Waals surface area contributed by atoms with E-state index >= 15 is 0 Å². The maximum Gasteiger partial charge on any atom is 0.215 e. The van der Waals surface area contributed by atoms with E-state index in [1.54, 1.807) is 0 Å². The summed E-state index contributed by atoms with van der Waals surface area (Å²) in [7, 11) is -3.19. The molecule has 1 aliphatic rings. The summed E-state index contributed by atoms with van der Waals surface area (Å²) in [5.41, 5.74) is -0.440. The van der Waals surface area contributed by atoms with Crippen molar-refractivity contribution < 1.29 is 8.42 Å². The van der Waals surface area contributed by atoms with Gasteiger partial charge in [-0.2, -0.15) is 0 Å². The van der Waals surface area contributed by atoms with Crippen molar-refractivity contribution in [1.82, 2.24) is 4.72 Å². The van der Waals surface area contributed by atoms with Gasteiger partial charge in [-0.15, -0.1) is 0 Å². The lowest BCUT2D eigenvalue weighted by molar-refractivity contribution is 0.192. The molecule has 2 atom stereocenters. The topological polar surface area (TPSA) is 46.2 Å². The highest BCUT2D eigenvalue weighted by Gasteiger charge is 2.57. The summed E-state index contributed by atoms with van der Waals surface area (Å²) in [4.78, 5) is 0. The second-order valence-electron chi connectivity index (χ2n) is 6.31. The van der Waals surface area contributed by atoms with Gasteiger partial charge in [0.15, 0.2) is 0 Å². The number of nitrogens with one attached hydrogen (secondary N) is 1. The van der Waals surface area contributed by atoms with Crippen LogP contribution in [0.15, 0.2) is 0 Å². The van der Waals surface area contributed by atoms with E-state index < -0.39 is 10.0 Å². The average molecular weight is 261 g/mol. The SMILES string of the molecule is CCC1C(C(C)(C)C)S(=O)(=O)NC1(CC)CC. The molecule has 1 heterocycles. The highest BCUT2D eigenvalue weighted by Crippen LogP contribution is 2.46. The van der Waals surface area contributed by atoms with Crippen molar-refractivity contribution in [1.29, 1.82) is 0 Å². The first-order chi connectivity index (χ1) is 7.64. The molecule has 0 bridgehead atoms. The summed E-state index contributed by atoms with van der Waals surface area (Å²) in [6.45, 7) is 12.4. The predicted octanol–water partition coefficient (Wildman–Crippen LogP) is 2.92. The lowest BCUT2D eigenvalue weighted by Gasteiger charge is -2.36. The molecule has 3 nitrogen and oxygen atoms in total. The van der Waals surface area contributed by atoms with E-state index in [2.05, 4.69) is 25.5 Å². The van der Waals surface area contributed by atoms with Gasteiger partial charge in [0.1, 0.15) is 0 Å². The third kappa shape index (κ3) is 2.39. The maximum absolute atomic E-state index is 12.4. The fourth-order valence-electron chi connectivity index (χ4n) is 3.52. The largest absolute Gasteiger partial charge is 0.215 e. The van der Waals surface area contributed by atoms with Gasteiger partial charge in [0.2, 0.25) is 10.0 Å². The van der Waals surface area contributed by atoms with E-state index in [0.29, 0.717) is 0 Å². The highest BCUT2D eigenvalue weighted by molar-refractivity contribution is 7.90. The molecule has 0 aromatic rings. The normalized spacial score (nSPS) is 31.6. The van der Waals surface area contributed by atoms with Crippen molar-refractivity contribution in [3.8, 4) is 0 Å². The summed E-state index contributed by atoms with van der Waals surface area (Å²) >= 11 is 0. The van der Waals surface area contributed by atoms with Crippen LogP contribution in [-0.4, -0.2) is 19.2 Å². The fraction of sp³-hybridized carbons (Fsp3) is 1.00. The molecule has 0 aromatic carbocycles. The van der Waals surface area contributed by atoms with Crippen LogP contribution < -0.4 is 4.72 Å². The third-order valence-corrected chi connectivity index (χ3v) is 6.71. The van der Waals surface area contributed by atoms with Crippen LogP contribution in [0.25, 0.3) is 0 Å². The second-order valence-corrected chi connectivity index (χ2v) is 8.11. The Bertz CT molecular complexity index is 363. The quantitative estimate of drug-likeness (QED) is 0.849. The molecule has 0 aliphatic carbocycles. The molecule has 0 saturated carbocycles. The molecule has 0 spiro atoms. The van der Waals surface area contributed by atoms with Crippen molar-refractivity contribution >= 4 is 10.0 Å². The molecule has 1 N–H and O–H groups in total. The predicted molar refractivity (Wildman–Crippen MR) is 72.4 cm³/mol.